The number of amides is 1. The van der Waals surface area contributed by atoms with E-state index in [9.17, 15) is 4.79 Å². The van der Waals surface area contributed by atoms with E-state index in [4.69, 9.17) is 0 Å². The van der Waals surface area contributed by atoms with Crippen molar-refractivity contribution in [3.63, 3.8) is 0 Å². The second kappa shape index (κ2) is 3.09. The number of carbonyl (C=O) groups excluding carboxylic acids is 1. The molecule has 0 aliphatic carbocycles. The third-order valence-corrected chi connectivity index (χ3v) is 2.26. The summed E-state index contributed by atoms with van der Waals surface area (Å²) in [5.41, 5.74) is 3.24. The molecule has 3 heteroatoms. The van der Waals surface area contributed by atoms with E-state index < -0.39 is 0 Å². The third kappa shape index (κ3) is 1.37. The summed E-state index contributed by atoms with van der Waals surface area (Å²) in [5, 5.41) is 3.27. The number of rotatable bonds is 1. The summed E-state index contributed by atoms with van der Waals surface area (Å²) in [5.74, 6) is 0. The van der Waals surface area contributed by atoms with Gasteiger partial charge in [0.25, 0.3) is 0 Å². The zero-order chi connectivity index (χ0) is 9.26. The minimum Gasteiger partial charge on any atom is -0.382 e. The van der Waals surface area contributed by atoms with E-state index in [-0.39, 0.29) is 0 Å². The van der Waals surface area contributed by atoms with E-state index in [2.05, 4.69) is 11.4 Å². The highest BCUT2D eigenvalue weighted by Crippen LogP contribution is 2.28. The van der Waals surface area contributed by atoms with Crippen LogP contribution in [-0.2, 0) is 4.79 Å². The number of carbonyl (C=O) groups is 1. The number of benzene rings is 1. The first kappa shape index (κ1) is 8.10. The Kier molecular flexibility index (Phi) is 1.93. The molecule has 0 atom stereocenters. The quantitative estimate of drug-likeness (QED) is 0.656. The average Bonchev–Trinajstić information content (AvgIpc) is 2.16. The molecule has 0 unspecified atom stereocenters. The van der Waals surface area contributed by atoms with Crippen LogP contribution in [0.15, 0.2) is 18.2 Å². The Morgan fingerprint density at radius 1 is 1.54 bits per heavy atom. The minimum atomic E-state index is 0.750. The van der Waals surface area contributed by atoms with Gasteiger partial charge in [0.1, 0.15) is 0 Å². The van der Waals surface area contributed by atoms with Crippen molar-refractivity contribution >= 4 is 17.8 Å². The Bertz CT molecular complexity index is 336. The SMILES string of the molecule is Cc1ccc2c(c1)NCCN2C=O. The Morgan fingerprint density at radius 3 is 3.15 bits per heavy atom. The molecule has 0 spiro atoms. The van der Waals surface area contributed by atoms with E-state index >= 15 is 0 Å². The smallest absolute Gasteiger partial charge is 0.214 e. The number of hydrogen-bond donors (Lipinski definition) is 1. The summed E-state index contributed by atoms with van der Waals surface area (Å²) in [6, 6.07) is 6.05. The maximum Gasteiger partial charge on any atom is 0.214 e. The highest BCUT2D eigenvalue weighted by Gasteiger charge is 2.14. The third-order valence-electron chi connectivity index (χ3n) is 2.26. The number of anilines is 2. The van der Waals surface area contributed by atoms with Gasteiger partial charge in [-0.15, -0.1) is 0 Å². The summed E-state index contributed by atoms with van der Waals surface area (Å²) in [6.07, 6.45) is 0.884. The molecule has 13 heavy (non-hydrogen) atoms. The van der Waals surface area contributed by atoms with Crippen LogP contribution in [0.2, 0.25) is 0 Å². The van der Waals surface area contributed by atoms with Gasteiger partial charge in [0.05, 0.1) is 11.4 Å². The molecule has 1 aliphatic heterocycles. The molecule has 0 saturated carbocycles. The monoisotopic (exact) mass is 176 g/mol. The van der Waals surface area contributed by atoms with Crippen molar-refractivity contribution in [2.24, 2.45) is 0 Å². The van der Waals surface area contributed by atoms with Crippen LogP contribution in [0.1, 0.15) is 5.56 Å². The second-order valence-corrected chi connectivity index (χ2v) is 3.25. The zero-order valence-electron chi connectivity index (χ0n) is 7.58. The number of hydrogen-bond acceptors (Lipinski definition) is 2. The molecule has 1 heterocycles. The molecule has 0 bridgehead atoms. The summed E-state index contributed by atoms with van der Waals surface area (Å²) < 4.78 is 0. The van der Waals surface area contributed by atoms with Crippen molar-refractivity contribution in [2.75, 3.05) is 23.3 Å². The Labute approximate surface area is 77.4 Å². The van der Waals surface area contributed by atoms with Gasteiger partial charge < -0.3 is 10.2 Å². The molecular weight excluding hydrogens is 164 g/mol. The van der Waals surface area contributed by atoms with Crippen LogP contribution in [0.4, 0.5) is 11.4 Å². The summed E-state index contributed by atoms with van der Waals surface area (Å²) in [7, 11) is 0. The molecule has 1 aromatic rings. The molecule has 1 aromatic carbocycles. The summed E-state index contributed by atoms with van der Waals surface area (Å²) in [6.45, 7) is 3.62. The molecule has 0 fully saturated rings. The zero-order valence-corrected chi connectivity index (χ0v) is 7.58. The van der Waals surface area contributed by atoms with Gasteiger partial charge in [-0.05, 0) is 24.6 Å². The second-order valence-electron chi connectivity index (χ2n) is 3.25. The molecule has 1 amide bonds. The van der Waals surface area contributed by atoms with Gasteiger partial charge in [-0.2, -0.15) is 0 Å². The fourth-order valence-corrected chi connectivity index (χ4v) is 1.58. The van der Waals surface area contributed by atoms with Gasteiger partial charge in [0.2, 0.25) is 6.41 Å². The number of fused-ring (bicyclic) bond motifs is 1. The Morgan fingerprint density at radius 2 is 2.38 bits per heavy atom. The molecular formula is C10H12N2O. The molecule has 3 nitrogen and oxygen atoms in total. The number of nitrogens with one attached hydrogen (secondary N) is 1. The van der Waals surface area contributed by atoms with Crippen LogP contribution in [0.5, 0.6) is 0 Å². The van der Waals surface area contributed by atoms with Gasteiger partial charge in [0.15, 0.2) is 0 Å². The van der Waals surface area contributed by atoms with E-state index in [1.807, 2.05) is 19.1 Å². The van der Waals surface area contributed by atoms with E-state index in [0.29, 0.717) is 0 Å². The average molecular weight is 176 g/mol. The van der Waals surface area contributed by atoms with Gasteiger partial charge in [0, 0.05) is 13.1 Å². The van der Waals surface area contributed by atoms with Crippen molar-refractivity contribution < 1.29 is 4.79 Å². The summed E-state index contributed by atoms with van der Waals surface area (Å²) in [4.78, 5) is 12.4. The van der Waals surface area contributed by atoms with Crippen molar-refractivity contribution in [3.8, 4) is 0 Å². The first-order chi connectivity index (χ1) is 6.31. The van der Waals surface area contributed by atoms with Crippen LogP contribution in [-0.4, -0.2) is 19.5 Å². The van der Waals surface area contributed by atoms with E-state index in [0.717, 1.165) is 30.9 Å². The lowest BCUT2D eigenvalue weighted by Gasteiger charge is -2.27. The fraction of sp³-hybridized carbons (Fsp3) is 0.300. The van der Waals surface area contributed by atoms with Gasteiger partial charge in [-0.1, -0.05) is 6.07 Å². The molecule has 0 saturated heterocycles. The van der Waals surface area contributed by atoms with Crippen LogP contribution in [0.25, 0.3) is 0 Å². The molecule has 1 N–H and O–H groups in total. The molecule has 0 aromatic heterocycles. The molecule has 68 valence electrons. The molecule has 0 radical (unpaired) electrons. The Balaban J connectivity index is 2.45. The predicted molar refractivity (Wildman–Crippen MR) is 53.1 cm³/mol. The van der Waals surface area contributed by atoms with E-state index in [1.54, 1.807) is 4.90 Å². The number of aryl methyl sites for hydroxylation is 1. The van der Waals surface area contributed by atoms with Crippen LogP contribution in [0, 0.1) is 6.92 Å². The lowest BCUT2D eigenvalue weighted by atomic mass is 10.1. The van der Waals surface area contributed by atoms with Crippen molar-refractivity contribution in [1.82, 2.24) is 0 Å². The van der Waals surface area contributed by atoms with Crippen molar-refractivity contribution in [1.29, 1.82) is 0 Å². The first-order valence-electron chi connectivity index (χ1n) is 4.38. The Hall–Kier alpha value is -1.51. The summed E-state index contributed by atoms with van der Waals surface area (Å²) >= 11 is 0. The van der Waals surface area contributed by atoms with Crippen molar-refractivity contribution in [2.45, 2.75) is 6.92 Å². The largest absolute Gasteiger partial charge is 0.382 e. The minimum absolute atomic E-state index is 0.750. The highest BCUT2D eigenvalue weighted by atomic mass is 16.1. The predicted octanol–water partition coefficient (Wildman–Crippen LogP) is 1.38. The lowest BCUT2D eigenvalue weighted by molar-refractivity contribution is -0.107. The van der Waals surface area contributed by atoms with Gasteiger partial charge in [-0.3, -0.25) is 4.79 Å². The standard InChI is InChI=1S/C10H12N2O/c1-8-2-3-10-9(6-8)11-4-5-12(10)7-13/h2-3,6-7,11H,4-5H2,1H3. The van der Waals surface area contributed by atoms with E-state index in [1.165, 1.54) is 5.56 Å². The molecule has 2 rings (SSSR count). The first-order valence-corrected chi connectivity index (χ1v) is 4.38. The number of nitrogens with zero attached hydrogens (tertiary/aromatic N) is 1. The highest BCUT2D eigenvalue weighted by molar-refractivity contribution is 5.85. The fourth-order valence-electron chi connectivity index (χ4n) is 1.58. The van der Waals surface area contributed by atoms with Gasteiger partial charge in [-0.25, -0.2) is 0 Å². The normalized spacial score (nSPS) is 14.7. The van der Waals surface area contributed by atoms with Crippen LogP contribution >= 0.6 is 0 Å². The lowest BCUT2D eigenvalue weighted by Crippen LogP contribution is -2.32. The van der Waals surface area contributed by atoms with Crippen LogP contribution in [0.3, 0.4) is 0 Å². The topological polar surface area (TPSA) is 32.3 Å². The maximum atomic E-state index is 10.7. The van der Waals surface area contributed by atoms with Gasteiger partial charge >= 0.3 is 0 Å². The maximum absolute atomic E-state index is 10.7. The molecule has 1 aliphatic rings. The van der Waals surface area contributed by atoms with Crippen LogP contribution < -0.4 is 10.2 Å². The van der Waals surface area contributed by atoms with Crippen molar-refractivity contribution in [3.05, 3.63) is 23.8 Å².